The van der Waals surface area contributed by atoms with Crippen LogP contribution in [0.3, 0.4) is 0 Å². The van der Waals surface area contributed by atoms with Gasteiger partial charge in [0.2, 0.25) is 5.91 Å². The SMILES string of the molecule is Cc1ccc(NC(=O)c2ccncc2)c(NC(=O)CN)c1. The lowest BCUT2D eigenvalue weighted by Crippen LogP contribution is -2.23. The van der Waals surface area contributed by atoms with Crippen LogP contribution in [0.4, 0.5) is 11.4 Å². The summed E-state index contributed by atoms with van der Waals surface area (Å²) in [4.78, 5) is 27.4. The van der Waals surface area contributed by atoms with Gasteiger partial charge in [-0.2, -0.15) is 0 Å². The number of pyridine rings is 1. The molecule has 6 heteroatoms. The van der Waals surface area contributed by atoms with Gasteiger partial charge in [0.1, 0.15) is 0 Å². The summed E-state index contributed by atoms with van der Waals surface area (Å²) in [6.45, 7) is 1.78. The van der Waals surface area contributed by atoms with Gasteiger partial charge in [-0.15, -0.1) is 0 Å². The fraction of sp³-hybridized carbons (Fsp3) is 0.133. The minimum absolute atomic E-state index is 0.119. The van der Waals surface area contributed by atoms with Crippen LogP contribution in [0.5, 0.6) is 0 Å². The second kappa shape index (κ2) is 6.62. The molecule has 1 aromatic heterocycles. The summed E-state index contributed by atoms with van der Waals surface area (Å²) in [6, 6.07) is 8.58. The van der Waals surface area contributed by atoms with Gasteiger partial charge in [-0.1, -0.05) is 6.07 Å². The Hall–Kier alpha value is -2.73. The molecule has 0 atom stereocenters. The predicted octanol–water partition coefficient (Wildman–Crippen LogP) is 1.54. The molecule has 21 heavy (non-hydrogen) atoms. The number of carbonyl (C=O) groups excluding carboxylic acids is 2. The van der Waals surface area contributed by atoms with Crippen molar-refractivity contribution in [3.8, 4) is 0 Å². The third-order valence-electron chi connectivity index (χ3n) is 2.83. The van der Waals surface area contributed by atoms with Gasteiger partial charge >= 0.3 is 0 Å². The Balaban J connectivity index is 2.23. The minimum Gasteiger partial charge on any atom is -0.323 e. The lowest BCUT2D eigenvalue weighted by Gasteiger charge is -2.13. The molecule has 0 saturated heterocycles. The Bertz CT molecular complexity index is 656. The summed E-state index contributed by atoms with van der Waals surface area (Å²) >= 11 is 0. The molecule has 0 saturated carbocycles. The average Bonchev–Trinajstić information content (AvgIpc) is 2.50. The molecule has 0 aliphatic rings. The van der Waals surface area contributed by atoms with Crippen molar-refractivity contribution in [3.63, 3.8) is 0 Å². The Morgan fingerprint density at radius 3 is 2.48 bits per heavy atom. The summed E-state index contributed by atoms with van der Waals surface area (Å²) in [5.74, 6) is -0.593. The molecule has 0 fully saturated rings. The first-order valence-corrected chi connectivity index (χ1v) is 6.42. The van der Waals surface area contributed by atoms with Crippen LogP contribution in [0, 0.1) is 6.92 Å². The zero-order valence-corrected chi connectivity index (χ0v) is 11.6. The van der Waals surface area contributed by atoms with Crippen molar-refractivity contribution >= 4 is 23.2 Å². The largest absolute Gasteiger partial charge is 0.323 e. The van der Waals surface area contributed by atoms with Crippen molar-refractivity contribution in [2.24, 2.45) is 5.73 Å². The molecule has 2 amide bonds. The van der Waals surface area contributed by atoms with Crippen LogP contribution < -0.4 is 16.4 Å². The van der Waals surface area contributed by atoms with E-state index in [2.05, 4.69) is 15.6 Å². The van der Waals surface area contributed by atoms with Crippen LogP contribution >= 0.6 is 0 Å². The Morgan fingerprint density at radius 2 is 1.81 bits per heavy atom. The maximum atomic E-state index is 12.1. The fourth-order valence-corrected chi connectivity index (χ4v) is 1.77. The summed E-state index contributed by atoms with van der Waals surface area (Å²) in [5, 5.41) is 5.43. The third-order valence-corrected chi connectivity index (χ3v) is 2.83. The maximum Gasteiger partial charge on any atom is 0.255 e. The molecule has 1 heterocycles. The van der Waals surface area contributed by atoms with E-state index in [1.807, 2.05) is 13.0 Å². The molecule has 0 unspecified atom stereocenters. The van der Waals surface area contributed by atoms with Gasteiger partial charge in [-0.3, -0.25) is 14.6 Å². The molecular weight excluding hydrogens is 268 g/mol. The van der Waals surface area contributed by atoms with E-state index in [1.165, 1.54) is 0 Å². The van der Waals surface area contributed by atoms with Crippen LogP contribution in [0.2, 0.25) is 0 Å². The summed E-state index contributed by atoms with van der Waals surface area (Å²) in [5.41, 5.74) is 7.78. The number of benzene rings is 1. The number of amides is 2. The van der Waals surface area contributed by atoms with Crippen molar-refractivity contribution in [1.29, 1.82) is 0 Å². The van der Waals surface area contributed by atoms with Gasteiger partial charge in [0.15, 0.2) is 0 Å². The van der Waals surface area contributed by atoms with Crippen molar-refractivity contribution in [2.45, 2.75) is 6.92 Å². The van der Waals surface area contributed by atoms with E-state index in [1.54, 1.807) is 36.7 Å². The number of rotatable bonds is 4. The molecule has 0 aliphatic carbocycles. The van der Waals surface area contributed by atoms with Crippen LogP contribution in [-0.2, 0) is 4.79 Å². The quantitative estimate of drug-likeness (QED) is 0.793. The summed E-state index contributed by atoms with van der Waals surface area (Å²) in [6.07, 6.45) is 3.09. The molecule has 2 rings (SSSR count). The summed E-state index contributed by atoms with van der Waals surface area (Å²) in [7, 11) is 0. The number of nitrogens with two attached hydrogens (primary N) is 1. The number of hydrogen-bond donors (Lipinski definition) is 3. The Kier molecular flexibility index (Phi) is 4.63. The average molecular weight is 284 g/mol. The molecule has 4 N–H and O–H groups in total. The number of hydrogen-bond acceptors (Lipinski definition) is 4. The first-order chi connectivity index (χ1) is 10.1. The van der Waals surface area contributed by atoms with E-state index >= 15 is 0 Å². The van der Waals surface area contributed by atoms with E-state index in [9.17, 15) is 9.59 Å². The number of carbonyl (C=O) groups is 2. The van der Waals surface area contributed by atoms with E-state index in [4.69, 9.17) is 5.73 Å². The molecule has 6 nitrogen and oxygen atoms in total. The number of nitrogens with zero attached hydrogens (tertiary/aromatic N) is 1. The molecule has 0 spiro atoms. The van der Waals surface area contributed by atoms with Gasteiger partial charge in [-0.25, -0.2) is 0 Å². The van der Waals surface area contributed by atoms with Crippen LogP contribution in [-0.4, -0.2) is 23.3 Å². The highest BCUT2D eigenvalue weighted by Gasteiger charge is 2.10. The highest BCUT2D eigenvalue weighted by molar-refractivity contribution is 6.07. The minimum atomic E-state index is -0.319. The van der Waals surface area contributed by atoms with E-state index < -0.39 is 0 Å². The summed E-state index contributed by atoms with van der Waals surface area (Å²) < 4.78 is 0. The Labute approximate surface area is 122 Å². The monoisotopic (exact) mass is 284 g/mol. The van der Waals surface area contributed by atoms with E-state index in [-0.39, 0.29) is 18.4 Å². The van der Waals surface area contributed by atoms with Gasteiger partial charge < -0.3 is 16.4 Å². The first-order valence-electron chi connectivity index (χ1n) is 6.42. The standard InChI is InChI=1S/C15H16N4O2/c1-10-2-3-12(13(8-10)18-14(20)9-16)19-15(21)11-4-6-17-7-5-11/h2-8H,9,16H2,1H3,(H,18,20)(H,19,21). The zero-order chi connectivity index (χ0) is 15.2. The molecule has 0 aliphatic heterocycles. The van der Waals surface area contributed by atoms with Gasteiger partial charge in [0, 0.05) is 18.0 Å². The third kappa shape index (κ3) is 3.87. The fourth-order valence-electron chi connectivity index (χ4n) is 1.77. The van der Waals surface area contributed by atoms with Crippen LogP contribution in [0.1, 0.15) is 15.9 Å². The topological polar surface area (TPSA) is 97.1 Å². The molecular formula is C15H16N4O2. The maximum absolute atomic E-state index is 12.1. The molecule has 1 aromatic carbocycles. The normalized spacial score (nSPS) is 10.0. The van der Waals surface area contributed by atoms with Gasteiger partial charge in [-0.05, 0) is 36.8 Å². The zero-order valence-electron chi connectivity index (χ0n) is 11.6. The highest BCUT2D eigenvalue weighted by atomic mass is 16.2. The van der Waals surface area contributed by atoms with Crippen molar-refractivity contribution in [2.75, 3.05) is 17.2 Å². The number of aryl methyl sites for hydroxylation is 1. The Morgan fingerprint density at radius 1 is 1.10 bits per heavy atom. The number of aromatic nitrogens is 1. The van der Waals surface area contributed by atoms with E-state index in [0.717, 1.165) is 5.56 Å². The smallest absolute Gasteiger partial charge is 0.255 e. The van der Waals surface area contributed by atoms with Gasteiger partial charge in [0.05, 0.1) is 17.9 Å². The lowest BCUT2D eigenvalue weighted by atomic mass is 10.1. The second-order valence-electron chi connectivity index (χ2n) is 4.49. The molecule has 108 valence electrons. The number of nitrogens with one attached hydrogen (secondary N) is 2. The van der Waals surface area contributed by atoms with Crippen molar-refractivity contribution in [3.05, 3.63) is 53.9 Å². The van der Waals surface area contributed by atoms with Crippen molar-refractivity contribution < 1.29 is 9.59 Å². The van der Waals surface area contributed by atoms with Crippen LogP contribution in [0.15, 0.2) is 42.7 Å². The van der Waals surface area contributed by atoms with Gasteiger partial charge in [0.25, 0.3) is 5.91 Å². The first kappa shape index (κ1) is 14.7. The molecule has 0 radical (unpaired) electrons. The number of anilines is 2. The van der Waals surface area contributed by atoms with Crippen molar-refractivity contribution in [1.82, 2.24) is 4.98 Å². The second-order valence-corrected chi connectivity index (χ2v) is 4.49. The molecule has 0 bridgehead atoms. The predicted molar refractivity (Wildman–Crippen MR) is 81.1 cm³/mol. The van der Waals surface area contributed by atoms with Crippen LogP contribution in [0.25, 0.3) is 0 Å². The lowest BCUT2D eigenvalue weighted by molar-refractivity contribution is -0.114. The highest BCUT2D eigenvalue weighted by Crippen LogP contribution is 2.23. The van der Waals surface area contributed by atoms with E-state index in [0.29, 0.717) is 16.9 Å². The molecule has 2 aromatic rings.